The summed E-state index contributed by atoms with van der Waals surface area (Å²) in [6.45, 7) is 7.72. The highest BCUT2D eigenvalue weighted by Gasteiger charge is 2.08. The van der Waals surface area contributed by atoms with Gasteiger partial charge in [-0.15, -0.1) is 0 Å². The van der Waals surface area contributed by atoms with Crippen LogP contribution >= 0.6 is 0 Å². The molecule has 0 amide bonds. The Morgan fingerprint density at radius 1 is 1.08 bits per heavy atom. The fraction of sp³-hybridized carbons (Fsp3) is 0.450. The summed E-state index contributed by atoms with van der Waals surface area (Å²) in [4.78, 5) is 12.8. The quantitative estimate of drug-likeness (QED) is 0.562. The summed E-state index contributed by atoms with van der Waals surface area (Å²) in [6, 6.07) is 9.79. The highest BCUT2D eigenvalue weighted by molar-refractivity contribution is 5.79. The molecule has 2 heterocycles. The van der Waals surface area contributed by atoms with E-state index in [-0.39, 0.29) is 6.10 Å². The van der Waals surface area contributed by atoms with Crippen molar-refractivity contribution in [2.75, 3.05) is 7.05 Å². The van der Waals surface area contributed by atoms with Gasteiger partial charge in [-0.05, 0) is 43.0 Å². The fourth-order valence-corrected chi connectivity index (χ4v) is 2.63. The van der Waals surface area contributed by atoms with Gasteiger partial charge in [-0.3, -0.25) is 9.98 Å². The molecular formula is C20H29N5O. The molecule has 0 aromatic carbocycles. The van der Waals surface area contributed by atoms with Crippen LogP contribution in [-0.4, -0.2) is 29.1 Å². The van der Waals surface area contributed by atoms with E-state index < -0.39 is 0 Å². The van der Waals surface area contributed by atoms with Gasteiger partial charge in [-0.25, -0.2) is 4.98 Å². The molecule has 0 bridgehead atoms. The van der Waals surface area contributed by atoms with Gasteiger partial charge < -0.3 is 15.4 Å². The van der Waals surface area contributed by atoms with Gasteiger partial charge in [0, 0.05) is 32.1 Å². The fourth-order valence-electron chi connectivity index (χ4n) is 2.63. The molecule has 140 valence electrons. The maximum absolute atomic E-state index is 5.91. The first-order valence-corrected chi connectivity index (χ1v) is 9.03. The maximum Gasteiger partial charge on any atom is 0.213 e. The average molecular weight is 355 g/mol. The monoisotopic (exact) mass is 355 g/mol. The van der Waals surface area contributed by atoms with Crippen molar-refractivity contribution in [2.45, 2.75) is 46.4 Å². The second-order valence-corrected chi connectivity index (χ2v) is 6.66. The van der Waals surface area contributed by atoms with E-state index >= 15 is 0 Å². The van der Waals surface area contributed by atoms with E-state index in [4.69, 9.17) is 4.74 Å². The molecule has 0 aliphatic rings. The maximum atomic E-state index is 5.91. The lowest BCUT2D eigenvalue weighted by atomic mass is 10.1. The van der Waals surface area contributed by atoms with Crippen LogP contribution in [0.2, 0.25) is 0 Å². The van der Waals surface area contributed by atoms with Gasteiger partial charge in [-0.1, -0.05) is 19.9 Å². The molecule has 6 heteroatoms. The molecule has 26 heavy (non-hydrogen) atoms. The normalized spacial score (nSPS) is 12.7. The SMILES string of the molecule is CN=C(NCc1ccnc(OC(C)CC(C)C)c1)NCc1ccccn1. The van der Waals surface area contributed by atoms with Crippen LogP contribution in [0.4, 0.5) is 0 Å². The molecule has 6 nitrogen and oxygen atoms in total. The number of rotatable bonds is 8. The molecule has 0 spiro atoms. The Bertz CT molecular complexity index is 688. The number of hydrogen-bond donors (Lipinski definition) is 2. The Balaban J connectivity index is 1.84. The Labute approximate surface area is 156 Å². The minimum absolute atomic E-state index is 0.151. The van der Waals surface area contributed by atoms with E-state index in [2.05, 4.69) is 46.4 Å². The molecule has 1 unspecified atom stereocenters. The molecule has 0 radical (unpaired) electrons. The molecular weight excluding hydrogens is 326 g/mol. The van der Waals surface area contributed by atoms with Gasteiger partial charge in [-0.2, -0.15) is 0 Å². The topological polar surface area (TPSA) is 71.4 Å². The van der Waals surface area contributed by atoms with Crippen molar-refractivity contribution >= 4 is 5.96 Å². The minimum Gasteiger partial charge on any atom is -0.475 e. The van der Waals surface area contributed by atoms with Gasteiger partial charge in [0.05, 0.1) is 18.3 Å². The summed E-state index contributed by atoms with van der Waals surface area (Å²) in [6.07, 6.45) is 4.72. The summed E-state index contributed by atoms with van der Waals surface area (Å²) >= 11 is 0. The summed E-state index contributed by atoms with van der Waals surface area (Å²) in [5, 5.41) is 6.55. The highest BCUT2D eigenvalue weighted by Crippen LogP contribution is 2.14. The van der Waals surface area contributed by atoms with Gasteiger partial charge >= 0.3 is 0 Å². The first-order chi connectivity index (χ1) is 12.6. The predicted molar refractivity (Wildman–Crippen MR) is 105 cm³/mol. The van der Waals surface area contributed by atoms with Gasteiger partial charge in [0.2, 0.25) is 5.88 Å². The van der Waals surface area contributed by atoms with Crippen molar-refractivity contribution in [1.29, 1.82) is 0 Å². The zero-order chi connectivity index (χ0) is 18.8. The lowest BCUT2D eigenvalue weighted by Gasteiger charge is -2.16. The van der Waals surface area contributed by atoms with E-state index in [0.717, 1.165) is 23.6 Å². The summed E-state index contributed by atoms with van der Waals surface area (Å²) < 4.78 is 5.91. The van der Waals surface area contributed by atoms with Crippen molar-refractivity contribution in [3.05, 3.63) is 54.0 Å². The molecule has 2 N–H and O–H groups in total. The van der Waals surface area contributed by atoms with E-state index in [1.165, 1.54) is 0 Å². The van der Waals surface area contributed by atoms with E-state index in [1.807, 2.05) is 30.3 Å². The molecule has 0 saturated carbocycles. The smallest absolute Gasteiger partial charge is 0.213 e. The molecule has 2 aromatic rings. The molecule has 1 atom stereocenters. The van der Waals surface area contributed by atoms with Gasteiger partial charge in [0.25, 0.3) is 0 Å². The van der Waals surface area contributed by atoms with Crippen LogP contribution in [0.3, 0.4) is 0 Å². The lowest BCUT2D eigenvalue weighted by Crippen LogP contribution is -2.36. The number of ether oxygens (including phenoxy) is 1. The number of aromatic nitrogens is 2. The molecule has 0 saturated heterocycles. The summed E-state index contributed by atoms with van der Waals surface area (Å²) in [5.74, 6) is 1.99. The number of guanidine groups is 1. The van der Waals surface area contributed by atoms with E-state index in [0.29, 0.717) is 24.9 Å². The first-order valence-electron chi connectivity index (χ1n) is 9.03. The Kier molecular flexibility index (Phi) is 7.86. The molecule has 2 aromatic heterocycles. The van der Waals surface area contributed by atoms with Crippen LogP contribution in [0.25, 0.3) is 0 Å². The standard InChI is InChI=1S/C20H29N5O/c1-15(2)11-16(3)26-19-12-17(8-10-23-19)13-24-20(21-4)25-14-18-7-5-6-9-22-18/h5-10,12,15-16H,11,13-14H2,1-4H3,(H2,21,24,25). The lowest BCUT2D eigenvalue weighted by molar-refractivity contribution is 0.185. The zero-order valence-corrected chi connectivity index (χ0v) is 16.1. The Morgan fingerprint density at radius 3 is 2.58 bits per heavy atom. The van der Waals surface area contributed by atoms with E-state index in [1.54, 1.807) is 19.4 Å². The summed E-state index contributed by atoms with van der Waals surface area (Å²) in [5.41, 5.74) is 2.06. The molecule has 0 aliphatic carbocycles. The minimum atomic E-state index is 0.151. The number of hydrogen-bond acceptors (Lipinski definition) is 4. The second kappa shape index (κ2) is 10.4. The number of nitrogens with zero attached hydrogens (tertiary/aromatic N) is 3. The Morgan fingerprint density at radius 2 is 1.88 bits per heavy atom. The van der Waals surface area contributed by atoms with Crippen LogP contribution < -0.4 is 15.4 Å². The number of nitrogens with one attached hydrogen (secondary N) is 2. The van der Waals surface area contributed by atoms with Crippen molar-refractivity contribution in [2.24, 2.45) is 10.9 Å². The van der Waals surface area contributed by atoms with E-state index in [9.17, 15) is 0 Å². The van der Waals surface area contributed by atoms with Crippen molar-refractivity contribution in [1.82, 2.24) is 20.6 Å². The molecule has 0 fully saturated rings. The second-order valence-electron chi connectivity index (χ2n) is 6.66. The Hall–Kier alpha value is -2.63. The molecule has 0 aliphatic heterocycles. The third kappa shape index (κ3) is 7.09. The number of aliphatic imine (C=N–C) groups is 1. The van der Waals surface area contributed by atoms with Crippen LogP contribution in [0.5, 0.6) is 5.88 Å². The van der Waals surface area contributed by atoms with Crippen LogP contribution in [0.15, 0.2) is 47.7 Å². The molecule has 2 rings (SSSR count). The van der Waals surface area contributed by atoms with Crippen LogP contribution in [-0.2, 0) is 13.1 Å². The first kappa shape index (κ1) is 19.7. The van der Waals surface area contributed by atoms with Crippen molar-refractivity contribution in [3.63, 3.8) is 0 Å². The largest absolute Gasteiger partial charge is 0.475 e. The summed E-state index contributed by atoms with van der Waals surface area (Å²) in [7, 11) is 1.75. The third-order valence-corrected chi connectivity index (χ3v) is 3.77. The van der Waals surface area contributed by atoms with Gasteiger partial charge in [0.1, 0.15) is 0 Å². The predicted octanol–water partition coefficient (Wildman–Crippen LogP) is 3.16. The average Bonchev–Trinajstić information content (AvgIpc) is 2.62. The van der Waals surface area contributed by atoms with Crippen LogP contribution in [0.1, 0.15) is 38.4 Å². The van der Waals surface area contributed by atoms with Gasteiger partial charge in [0.15, 0.2) is 5.96 Å². The highest BCUT2D eigenvalue weighted by atomic mass is 16.5. The third-order valence-electron chi connectivity index (χ3n) is 3.77. The number of pyridine rings is 2. The van der Waals surface area contributed by atoms with Crippen molar-refractivity contribution in [3.8, 4) is 5.88 Å². The van der Waals surface area contributed by atoms with Crippen LogP contribution in [0, 0.1) is 5.92 Å². The van der Waals surface area contributed by atoms with Crippen molar-refractivity contribution < 1.29 is 4.74 Å². The zero-order valence-electron chi connectivity index (χ0n) is 16.1.